The molecule has 2 rings (SSSR count). The van der Waals surface area contributed by atoms with Crippen molar-refractivity contribution in [2.75, 3.05) is 33.1 Å². The number of thiocarbonyl (C=S) groups is 1. The zero-order valence-electron chi connectivity index (χ0n) is 13.0. The first-order valence-corrected chi connectivity index (χ1v) is 8.27. The summed E-state index contributed by atoms with van der Waals surface area (Å²) in [5, 5.41) is 9.18. The Morgan fingerprint density at radius 3 is 2.55 bits per heavy atom. The zero-order valence-corrected chi connectivity index (χ0v) is 14.6. The predicted octanol–water partition coefficient (Wildman–Crippen LogP) is 3.35. The number of nitrogens with zero attached hydrogens (tertiary/aromatic N) is 1. The van der Waals surface area contributed by atoms with Crippen molar-refractivity contribution in [3.8, 4) is 5.75 Å². The monoisotopic (exact) mass is 335 g/mol. The lowest BCUT2D eigenvalue weighted by molar-refractivity contribution is 0.303. The van der Waals surface area contributed by atoms with Crippen LogP contribution in [-0.2, 0) is 0 Å². The average Bonchev–Trinajstić information content (AvgIpc) is 3.02. The molecular weight excluding hydrogens is 314 g/mol. The number of methoxy groups -OCH3 is 1. The minimum Gasteiger partial charge on any atom is -0.497 e. The van der Waals surface area contributed by atoms with E-state index < -0.39 is 0 Å². The Hall–Kier alpha value is -1.63. The van der Waals surface area contributed by atoms with E-state index in [1.807, 2.05) is 24.3 Å². The van der Waals surface area contributed by atoms with Crippen LogP contribution in [0.3, 0.4) is 0 Å². The average molecular weight is 335 g/mol. The fourth-order valence-corrected chi connectivity index (χ4v) is 3.18. The molecule has 0 spiro atoms. The van der Waals surface area contributed by atoms with Gasteiger partial charge in [0, 0.05) is 17.1 Å². The molecule has 1 atom stereocenters. The maximum Gasteiger partial charge on any atom is 0.170 e. The SMILES string of the molecule is COc1ccc(NC(=S)NC[C@H](c2cccs2)N(C)C)cc1. The van der Waals surface area contributed by atoms with E-state index in [1.165, 1.54) is 4.88 Å². The van der Waals surface area contributed by atoms with E-state index in [4.69, 9.17) is 17.0 Å². The Morgan fingerprint density at radius 2 is 2.00 bits per heavy atom. The summed E-state index contributed by atoms with van der Waals surface area (Å²) in [4.78, 5) is 3.51. The van der Waals surface area contributed by atoms with E-state index in [-0.39, 0.29) is 0 Å². The highest BCUT2D eigenvalue weighted by molar-refractivity contribution is 7.80. The highest BCUT2D eigenvalue weighted by Crippen LogP contribution is 2.22. The van der Waals surface area contributed by atoms with Crippen LogP contribution in [0, 0.1) is 0 Å². The molecule has 0 saturated heterocycles. The fraction of sp³-hybridized carbons (Fsp3) is 0.312. The Kier molecular flexibility index (Phi) is 6.18. The van der Waals surface area contributed by atoms with Gasteiger partial charge in [-0.3, -0.25) is 0 Å². The second kappa shape index (κ2) is 8.12. The van der Waals surface area contributed by atoms with Gasteiger partial charge in [-0.2, -0.15) is 0 Å². The highest BCUT2D eigenvalue weighted by atomic mass is 32.1. The second-order valence-electron chi connectivity index (χ2n) is 5.06. The number of hydrogen-bond acceptors (Lipinski definition) is 4. The van der Waals surface area contributed by atoms with Gasteiger partial charge in [0.2, 0.25) is 0 Å². The third-order valence-corrected chi connectivity index (χ3v) is 4.52. The molecule has 1 aromatic carbocycles. The van der Waals surface area contributed by atoms with E-state index >= 15 is 0 Å². The fourth-order valence-electron chi connectivity index (χ4n) is 2.06. The van der Waals surface area contributed by atoms with Gasteiger partial charge in [0.1, 0.15) is 5.75 Å². The predicted molar refractivity (Wildman–Crippen MR) is 98.0 cm³/mol. The molecule has 118 valence electrons. The minimum absolute atomic E-state index is 0.301. The van der Waals surface area contributed by atoms with E-state index in [0.717, 1.165) is 18.0 Å². The number of likely N-dealkylation sites (N-methyl/N-ethyl adjacent to an activating group) is 1. The van der Waals surface area contributed by atoms with Gasteiger partial charge in [-0.05, 0) is 62.0 Å². The molecule has 0 radical (unpaired) electrons. The van der Waals surface area contributed by atoms with Gasteiger partial charge in [-0.1, -0.05) is 6.07 Å². The summed E-state index contributed by atoms with van der Waals surface area (Å²) in [5.41, 5.74) is 0.941. The Bertz CT molecular complexity index is 582. The van der Waals surface area contributed by atoms with Crippen LogP contribution in [0.4, 0.5) is 5.69 Å². The summed E-state index contributed by atoms with van der Waals surface area (Å²) in [5.74, 6) is 0.829. The van der Waals surface area contributed by atoms with Crippen LogP contribution in [0.5, 0.6) is 5.75 Å². The zero-order chi connectivity index (χ0) is 15.9. The molecule has 0 saturated carbocycles. The molecule has 0 aliphatic rings. The largest absolute Gasteiger partial charge is 0.497 e. The van der Waals surface area contributed by atoms with Crippen molar-refractivity contribution in [3.63, 3.8) is 0 Å². The van der Waals surface area contributed by atoms with Crippen LogP contribution < -0.4 is 15.4 Å². The van der Waals surface area contributed by atoms with Crippen LogP contribution in [0.15, 0.2) is 41.8 Å². The smallest absolute Gasteiger partial charge is 0.170 e. The molecule has 0 fully saturated rings. The van der Waals surface area contributed by atoms with Gasteiger partial charge < -0.3 is 20.3 Å². The van der Waals surface area contributed by atoms with Gasteiger partial charge in [0.05, 0.1) is 13.2 Å². The summed E-state index contributed by atoms with van der Waals surface area (Å²) in [6, 6.07) is 12.2. The molecule has 0 aliphatic heterocycles. The Labute approximate surface area is 141 Å². The lowest BCUT2D eigenvalue weighted by atomic mass is 10.2. The number of nitrogens with one attached hydrogen (secondary N) is 2. The highest BCUT2D eigenvalue weighted by Gasteiger charge is 2.15. The summed E-state index contributed by atoms with van der Waals surface area (Å²) in [6.07, 6.45) is 0. The molecule has 1 heterocycles. The van der Waals surface area contributed by atoms with Crippen LogP contribution in [0.2, 0.25) is 0 Å². The minimum atomic E-state index is 0.301. The van der Waals surface area contributed by atoms with Gasteiger partial charge in [-0.15, -0.1) is 11.3 Å². The number of ether oxygens (including phenoxy) is 1. The van der Waals surface area contributed by atoms with Crippen molar-refractivity contribution in [3.05, 3.63) is 46.7 Å². The summed E-state index contributed by atoms with van der Waals surface area (Å²) < 4.78 is 5.14. The number of anilines is 1. The molecule has 4 nitrogen and oxygen atoms in total. The normalized spacial score (nSPS) is 12.0. The molecule has 0 unspecified atom stereocenters. The molecule has 0 aliphatic carbocycles. The standard InChI is InChI=1S/C16H21N3OS2/c1-19(2)14(15-5-4-10-22-15)11-17-16(21)18-12-6-8-13(20-3)9-7-12/h4-10,14H,11H2,1-3H3,(H2,17,18,21)/t14-/m1/s1. The number of rotatable bonds is 6. The molecule has 0 bridgehead atoms. The number of thiophene rings is 1. The third kappa shape index (κ3) is 4.69. The molecule has 2 N–H and O–H groups in total. The van der Waals surface area contributed by atoms with Gasteiger partial charge in [-0.25, -0.2) is 0 Å². The van der Waals surface area contributed by atoms with E-state index in [0.29, 0.717) is 11.2 Å². The molecule has 6 heteroatoms. The number of hydrogen-bond donors (Lipinski definition) is 2. The van der Waals surface area contributed by atoms with Gasteiger partial charge in [0.25, 0.3) is 0 Å². The first-order valence-electron chi connectivity index (χ1n) is 6.99. The van der Waals surface area contributed by atoms with Crippen molar-refractivity contribution in [1.29, 1.82) is 0 Å². The lowest BCUT2D eigenvalue weighted by Gasteiger charge is -2.24. The summed E-state index contributed by atoms with van der Waals surface area (Å²) in [7, 11) is 5.80. The van der Waals surface area contributed by atoms with E-state index in [2.05, 4.69) is 47.1 Å². The number of benzene rings is 1. The topological polar surface area (TPSA) is 36.5 Å². The molecule has 2 aromatic rings. The van der Waals surface area contributed by atoms with Crippen LogP contribution in [-0.4, -0.2) is 37.8 Å². The maximum atomic E-state index is 5.36. The van der Waals surface area contributed by atoms with Crippen molar-refractivity contribution in [2.45, 2.75) is 6.04 Å². The molecular formula is C16H21N3OS2. The molecule has 22 heavy (non-hydrogen) atoms. The Balaban J connectivity index is 1.88. The van der Waals surface area contributed by atoms with Crippen LogP contribution >= 0.6 is 23.6 Å². The summed E-state index contributed by atoms with van der Waals surface area (Å²) in [6.45, 7) is 0.759. The maximum absolute atomic E-state index is 5.36. The molecule has 0 amide bonds. The third-order valence-electron chi connectivity index (χ3n) is 3.30. The second-order valence-corrected chi connectivity index (χ2v) is 6.45. The lowest BCUT2D eigenvalue weighted by Crippen LogP contribution is -2.36. The first-order chi connectivity index (χ1) is 10.6. The van der Waals surface area contributed by atoms with Gasteiger partial charge >= 0.3 is 0 Å². The quantitative estimate of drug-likeness (QED) is 0.792. The van der Waals surface area contributed by atoms with Crippen molar-refractivity contribution in [2.24, 2.45) is 0 Å². The van der Waals surface area contributed by atoms with Crippen LogP contribution in [0.1, 0.15) is 10.9 Å². The summed E-state index contributed by atoms with van der Waals surface area (Å²) >= 11 is 7.12. The first kappa shape index (κ1) is 16.7. The van der Waals surface area contributed by atoms with Crippen molar-refractivity contribution in [1.82, 2.24) is 10.2 Å². The van der Waals surface area contributed by atoms with Crippen molar-refractivity contribution < 1.29 is 4.74 Å². The molecule has 1 aromatic heterocycles. The Morgan fingerprint density at radius 1 is 1.27 bits per heavy atom. The van der Waals surface area contributed by atoms with Crippen molar-refractivity contribution >= 4 is 34.4 Å². The van der Waals surface area contributed by atoms with Crippen LogP contribution in [0.25, 0.3) is 0 Å². The van der Waals surface area contributed by atoms with Gasteiger partial charge in [0.15, 0.2) is 5.11 Å². The van der Waals surface area contributed by atoms with E-state index in [1.54, 1.807) is 18.4 Å². The van der Waals surface area contributed by atoms with E-state index in [9.17, 15) is 0 Å².